The smallest absolute Gasteiger partial charge is 0.290 e. The molecule has 0 fully saturated rings. The van der Waals surface area contributed by atoms with Crippen molar-refractivity contribution in [3.8, 4) is 11.5 Å². The summed E-state index contributed by atoms with van der Waals surface area (Å²) < 4.78 is 31.0. The minimum atomic E-state index is -2.66. The predicted molar refractivity (Wildman–Crippen MR) is 101 cm³/mol. The van der Waals surface area contributed by atoms with E-state index >= 15 is 0 Å². The monoisotopic (exact) mass is 403 g/mol. The van der Waals surface area contributed by atoms with Crippen LogP contribution in [0.1, 0.15) is 10.4 Å². The molecule has 1 aromatic carbocycles. The number of alkyl halides is 2. The zero-order valence-corrected chi connectivity index (χ0v) is 15.2. The first-order valence-corrected chi connectivity index (χ1v) is 9.52. The van der Waals surface area contributed by atoms with Crippen LogP contribution >= 0.6 is 23.1 Å². The number of fused-ring (bicyclic) bond motifs is 1. The number of thiazole rings is 1. The summed E-state index contributed by atoms with van der Waals surface area (Å²) in [5.74, 6) is -2.62. The van der Waals surface area contributed by atoms with Crippen molar-refractivity contribution < 1.29 is 18.0 Å². The zero-order valence-electron chi connectivity index (χ0n) is 13.6. The van der Waals surface area contributed by atoms with Crippen molar-refractivity contribution in [3.05, 3.63) is 59.6 Å². The number of hydrogen-bond donors (Lipinski definition) is 1. The number of thioether (sulfide) groups is 1. The second-order valence-corrected chi connectivity index (χ2v) is 7.21. The Bertz CT molecular complexity index is 1080. The summed E-state index contributed by atoms with van der Waals surface area (Å²) in [4.78, 5) is 20.6. The first-order chi connectivity index (χ1) is 13.1. The van der Waals surface area contributed by atoms with Crippen LogP contribution in [0.25, 0.3) is 22.4 Å². The number of para-hydroxylation sites is 1. The van der Waals surface area contributed by atoms with Gasteiger partial charge in [0, 0.05) is 17.0 Å². The highest BCUT2D eigenvalue weighted by atomic mass is 32.2. The highest BCUT2D eigenvalue weighted by Crippen LogP contribution is 2.31. The maximum absolute atomic E-state index is 12.6. The lowest BCUT2D eigenvalue weighted by molar-refractivity contribution is 0.102. The van der Waals surface area contributed by atoms with E-state index in [0.29, 0.717) is 16.6 Å². The quantitative estimate of drug-likeness (QED) is 0.445. The molecule has 0 aliphatic rings. The molecule has 4 aromatic rings. The topological polar surface area (TPSA) is 68.0 Å². The fourth-order valence-electron chi connectivity index (χ4n) is 2.46. The number of halogens is 2. The summed E-state index contributed by atoms with van der Waals surface area (Å²) in [5, 5.41) is 5.64. The summed E-state index contributed by atoms with van der Waals surface area (Å²) in [6, 6.07) is 12.4. The van der Waals surface area contributed by atoms with E-state index in [-0.39, 0.29) is 22.4 Å². The SMILES string of the molecule is O=C(Nc1nc(-c2cc3ccccc3o2)cs1)c1cccnc1SC(F)F. The van der Waals surface area contributed by atoms with Gasteiger partial charge in [0.2, 0.25) is 0 Å². The van der Waals surface area contributed by atoms with Crippen molar-refractivity contribution in [2.24, 2.45) is 0 Å². The van der Waals surface area contributed by atoms with Gasteiger partial charge in [-0.1, -0.05) is 18.2 Å². The van der Waals surface area contributed by atoms with Gasteiger partial charge in [-0.25, -0.2) is 9.97 Å². The maximum Gasteiger partial charge on any atom is 0.290 e. The standard InChI is InChI=1S/C18H11F2N3O2S2/c19-17(20)27-16-11(5-3-7-21-16)15(24)23-18-22-12(9-26-18)14-8-10-4-1-2-6-13(10)25-14/h1-9,17H,(H,22,23,24). The second-order valence-electron chi connectivity index (χ2n) is 5.38. The Labute approximate surface area is 160 Å². The van der Waals surface area contributed by atoms with Gasteiger partial charge in [-0.3, -0.25) is 10.1 Å². The third-order valence-corrected chi connectivity index (χ3v) is 5.10. The van der Waals surface area contributed by atoms with Gasteiger partial charge in [0.1, 0.15) is 16.3 Å². The lowest BCUT2D eigenvalue weighted by Gasteiger charge is -2.06. The molecule has 0 spiro atoms. The van der Waals surface area contributed by atoms with E-state index in [1.165, 1.54) is 29.7 Å². The largest absolute Gasteiger partial charge is 0.454 e. The van der Waals surface area contributed by atoms with Gasteiger partial charge in [-0.15, -0.1) is 11.3 Å². The number of rotatable bonds is 5. The van der Waals surface area contributed by atoms with E-state index < -0.39 is 11.7 Å². The minimum absolute atomic E-state index is 0.0286. The molecule has 136 valence electrons. The van der Waals surface area contributed by atoms with Crippen molar-refractivity contribution in [2.75, 3.05) is 5.32 Å². The second kappa shape index (κ2) is 7.45. The number of benzene rings is 1. The molecule has 1 N–H and O–H groups in total. The molecule has 4 rings (SSSR count). The average molecular weight is 403 g/mol. The van der Waals surface area contributed by atoms with Crippen molar-refractivity contribution in [1.82, 2.24) is 9.97 Å². The van der Waals surface area contributed by atoms with Crippen LogP contribution in [-0.2, 0) is 0 Å². The van der Waals surface area contributed by atoms with E-state index in [0.717, 1.165) is 11.0 Å². The number of nitrogens with zero attached hydrogens (tertiary/aromatic N) is 2. The third kappa shape index (κ3) is 3.83. The Morgan fingerprint density at radius 2 is 2.07 bits per heavy atom. The van der Waals surface area contributed by atoms with Gasteiger partial charge in [0.15, 0.2) is 10.9 Å². The van der Waals surface area contributed by atoms with E-state index in [1.54, 1.807) is 5.38 Å². The molecule has 0 saturated heterocycles. The molecule has 27 heavy (non-hydrogen) atoms. The lowest BCUT2D eigenvalue weighted by Crippen LogP contribution is -2.13. The van der Waals surface area contributed by atoms with Crippen molar-refractivity contribution in [2.45, 2.75) is 10.8 Å². The molecular weight excluding hydrogens is 392 g/mol. The van der Waals surface area contributed by atoms with Crippen LogP contribution in [0.5, 0.6) is 0 Å². The van der Waals surface area contributed by atoms with Crippen LogP contribution in [-0.4, -0.2) is 21.6 Å². The molecule has 0 saturated carbocycles. The lowest BCUT2D eigenvalue weighted by atomic mass is 10.2. The number of hydrogen-bond acceptors (Lipinski definition) is 6. The molecule has 0 bridgehead atoms. The molecule has 0 unspecified atom stereocenters. The Morgan fingerprint density at radius 3 is 2.89 bits per heavy atom. The van der Waals surface area contributed by atoms with Crippen molar-refractivity contribution >= 4 is 45.1 Å². The first kappa shape index (κ1) is 17.6. The predicted octanol–water partition coefficient (Wildman–Crippen LogP) is 5.52. The molecule has 9 heteroatoms. The van der Waals surface area contributed by atoms with Crippen LogP contribution in [0.2, 0.25) is 0 Å². The number of pyridine rings is 1. The number of anilines is 1. The van der Waals surface area contributed by atoms with Crippen molar-refractivity contribution in [3.63, 3.8) is 0 Å². The normalized spacial score (nSPS) is 11.2. The van der Waals surface area contributed by atoms with Crippen LogP contribution in [0.15, 0.2) is 63.5 Å². The van der Waals surface area contributed by atoms with Crippen molar-refractivity contribution in [1.29, 1.82) is 0 Å². The molecule has 3 aromatic heterocycles. The Morgan fingerprint density at radius 1 is 1.22 bits per heavy atom. The number of amides is 1. The van der Waals surface area contributed by atoms with E-state index in [2.05, 4.69) is 15.3 Å². The van der Waals surface area contributed by atoms with E-state index in [9.17, 15) is 13.6 Å². The molecule has 5 nitrogen and oxygen atoms in total. The van der Waals surface area contributed by atoms with Gasteiger partial charge in [0.25, 0.3) is 11.7 Å². The van der Waals surface area contributed by atoms with E-state index in [1.807, 2.05) is 30.3 Å². The summed E-state index contributed by atoms with van der Waals surface area (Å²) in [5.41, 5.74) is 1.40. The molecule has 0 atom stereocenters. The third-order valence-electron chi connectivity index (χ3n) is 3.62. The number of carbonyl (C=O) groups excluding carboxylic acids is 1. The molecular formula is C18H11F2N3O2S2. The van der Waals surface area contributed by atoms with Crippen LogP contribution in [0.3, 0.4) is 0 Å². The number of furan rings is 1. The van der Waals surface area contributed by atoms with Crippen LogP contribution in [0.4, 0.5) is 13.9 Å². The fraction of sp³-hybridized carbons (Fsp3) is 0.0556. The summed E-state index contributed by atoms with van der Waals surface area (Å²) in [6.45, 7) is 0. The first-order valence-electron chi connectivity index (χ1n) is 7.76. The summed E-state index contributed by atoms with van der Waals surface area (Å²) >= 11 is 1.45. The average Bonchev–Trinajstić information content (AvgIpc) is 3.28. The molecule has 1 amide bonds. The number of nitrogens with one attached hydrogen (secondary N) is 1. The highest BCUT2D eigenvalue weighted by Gasteiger charge is 2.18. The Hall–Kier alpha value is -2.78. The molecule has 0 radical (unpaired) electrons. The van der Waals surface area contributed by atoms with Gasteiger partial charge < -0.3 is 4.42 Å². The van der Waals surface area contributed by atoms with Crippen LogP contribution < -0.4 is 5.32 Å². The zero-order chi connectivity index (χ0) is 18.8. The van der Waals surface area contributed by atoms with Gasteiger partial charge in [0.05, 0.1) is 5.56 Å². The summed E-state index contributed by atoms with van der Waals surface area (Å²) in [6.07, 6.45) is 1.37. The number of carbonyl (C=O) groups is 1. The highest BCUT2D eigenvalue weighted by molar-refractivity contribution is 7.99. The maximum atomic E-state index is 12.6. The molecule has 0 aliphatic carbocycles. The number of aromatic nitrogens is 2. The summed E-state index contributed by atoms with van der Waals surface area (Å²) in [7, 11) is 0. The van der Waals surface area contributed by atoms with Gasteiger partial charge in [-0.2, -0.15) is 8.78 Å². The van der Waals surface area contributed by atoms with Crippen LogP contribution in [0, 0.1) is 0 Å². The Balaban J connectivity index is 1.55. The molecule has 3 heterocycles. The molecule has 0 aliphatic heterocycles. The minimum Gasteiger partial charge on any atom is -0.454 e. The van der Waals surface area contributed by atoms with Gasteiger partial charge in [-0.05, 0) is 36.0 Å². The van der Waals surface area contributed by atoms with Gasteiger partial charge >= 0.3 is 0 Å². The Kier molecular flexibility index (Phi) is 4.87. The van der Waals surface area contributed by atoms with E-state index in [4.69, 9.17) is 4.42 Å². The fourth-order valence-corrected chi connectivity index (χ4v) is 3.73.